The zero-order valence-corrected chi connectivity index (χ0v) is 8.40. The van der Waals surface area contributed by atoms with E-state index in [2.05, 4.69) is 15.0 Å². The molecule has 4 heteroatoms. The van der Waals surface area contributed by atoms with Crippen molar-refractivity contribution in [3.63, 3.8) is 0 Å². The van der Waals surface area contributed by atoms with Gasteiger partial charge in [-0.2, -0.15) is 0 Å². The Morgan fingerprint density at radius 1 is 1.71 bits per heavy atom. The molecule has 3 N–H and O–H groups in total. The molecule has 1 aromatic rings. The second kappa shape index (κ2) is 2.58. The molecule has 0 bridgehead atoms. The zero-order valence-electron chi connectivity index (χ0n) is 8.40. The monoisotopic (exact) mass is 192 g/mol. The summed E-state index contributed by atoms with van der Waals surface area (Å²) < 4.78 is 2.05. The molecule has 0 aliphatic heterocycles. The third-order valence-electron chi connectivity index (χ3n) is 3.86. The number of nitrogens with zero attached hydrogens (tertiary/aromatic N) is 2. The maximum atomic E-state index is 5.62. The maximum absolute atomic E-state index is 5.62. The van der Waals surface area contributed by atoms with Gasteiger partial charge in [-0.25, -0.2) is 10.4 Å². The summed E-state index contributed by atoms with van der Waals surface area (Å²) in [6.07, 6.45) is 7.92. The molecule has 2 unspecified atom stereocenters. The van der Waals surface area contributed by atoms with Crippen LogP contribution in [0.3, 0.4) is 0 Å². The van der Waals surface area contributed by atoms with Crippen LogP contribution in [0.2, 0.25) is 0 Å². The van der Waals surface area contributed by atoms with Gasteiger partial charge in [-0.15, -0.1) is 0 Å². The second-order valence-electron chi connectivity index (χ2n) is 4.71. The van der Waals surface area contributed by atoms with E-state index in [1.807, 2.05) is 19.4 Å². The molecule has 4 nitrogen and oxygen atoms in total. The molecular formula is C10H16N4. The lowest BCUT2D eigenvalue weighted by atomic mass is 10.1. The maximum Gasteiger partial charge on any atom is 0.127 e. The largest absolute Gasteiger partial charge is 0.337 e. The summed E-state index contributed by atoms with van der Waals surface area (Å²) in [5.41, 5.74) is 3.58. The van der Waals surface area contributed by atoms with E-state index < -0.39 is 0 Å². The van der Waals surface area contributed by atoms with Gasteiger partial charge in [-0.1, -0.05) is 0 Å². The van der Waals surface area contributed by atoms with Gasteiger partial charge in [-0.05, 0) is 30.6 Å². The topological polar surface area (TPSA) is 55.9 Å². The van der Waals surface area contributed by atoms with Crippen LogP contribution in [0, 0.1) is 11.3 Å². The zero-order chi connectivity index (χ0) is 9.76. The number of aromatic nitrogens is 2. The summed E-state index contributed by atoms with van der Waals surface area (Å²) in [6.45, 7) is 0. The standard InChI is InChI=1S/C10H16N4/c1-14-5-4-12-9(14)8(13-11)7-6-10(7)2-3-10/h4-5,7-8,13H,2-3,6,11H2,1H3. The SMILES string of the molecule is Cn1ccnc1C(NN)C1CC12CC2. The highest BCUT2D eigenvalue weighted by molar-refractivity contribution is 5.19. The highest BCUT2D eigenvalue weighted by atomic mass is 15.3. The first kappa shape index (κ1) is 8.44. The van der Waals surface area contributed by atoms with Gasteiger partial charge in [0.1, 0.15) is 5.82 Å². The van der Waals surface area contributed by atoms with E-state index in [-0.39, 0.29) is 6.04 Å². The van der Waals surface area contributed by atoms with E-state index in [1.54, 1.807) is 0 Å². The van der Waals surface area contributed by atoms with Gasteiger partial charge in [0.2, 0.25) is 0 Å². The van der Waals surface area contributed by atoms with Crippen molar-refractivity contribution in [2.75, 3.05) is 0 Å². The number of rotatable bonds is 3. The Kier molecular flexibility index (Phi) is 1.56. The number of hydrogen-bond donors (Lipinski definition) is 2. The molecule has 1 aromatic heterocycles. The quantitative estimate of drug-likeness (QED) is 0.548. The fourth-order valence-corrected chi connectivity index (χ4v) is 2.63. The smallest absolute Gasteiger partial charge is 0.127 e. The van der Waals surface area contributed by atoms with Crippen LogP contribution in [0.25, 0.3) is 0 Å². The highest BCUT2D eigenvalue weighted by Crippen LogP contribution is 2.73. The molecule has 0 radical (unpaired) electrons. The first-order chi connectivity index (χ1) is 6.77. The van der Waals surface area contributed by atoms with Gasteiger partial charge in [0, 0.05) is 19.4 Å². The highest BCUT2D eigenvalue weighted by Gasteiger charge is 2.65. The third kappa shape index (κ3) is 1.04. The summed E-state index contributed by atoms with van der Waals surface area (Å²) in [5, 5.41) is 0. The first-order valence-electron chi connectivity index (χ1n) is 5.20. The van der Waals surface area contributed by atoms with E-state index in [4.69, 9.17) is 5.84 Å². The van der Waals surface area contributed by atoms with Gasteiger partial charge in [0.15, 0.2) is 0 Å². The van der Waals surface area contributed by atoms with Gasteiger partial charge >= 0.3 is 0 Å². The molecule has 3 rings (SSSR count). The van der Waals surface area contributed by atoms with Gasteiger partial charge in [0.05, 0.1) is 6.04 Å². The van der Waals surface area contributed by atoms with Crippen molar-refractivity contribution in [3.8, 4) is 0 Å². The molecule has 1 spiro atoms. The number of imidazole rings is 1. The number of hydrogen-bond acceptors (Lipinski definition) is 3. The van der Waals surface area contributed by atoms with Crippen LogP contribution in [-0.2, 0) is 7.05 Å². The number of nitrogens with two attached hydrogens (primary N) is 1. The minimum absolute atomic E-state index is 0.248. The Balaban J connectivity index is 1.84. The average molecular weight is 192 g/mol. The van der Waals surface area contributed by atoms with Gasteiger partial charge in [-0.3, -0.25) is 5.84 Å². The van der Waals surface area contributed by atoms with Crippen LogP contribution in [0.4, 0.5) is 0 Å². The molecule has 1 heterocycles. The molecule has 76 valence electrons. The third-order valence-corrected chi connectivity index (χ3v) is 3.86. The van der Waals surface area contributed by atoms with Crippen molar-refractivity contribution in [1.82, 2.24) is 15.0 Å². The number of nitrogens with one attached hydrogen (secondary N) is 1. The lowest BCUT2D eigenvalue weighted by Crippen LogP contribution is -2.32. The molecule has 2 aliphatic carbocycles. The number of hydrazine groups is 1. The van der Waals surface area contributed by atoms with Gasteiger partial charge < -0.3 is 4.57 Å². The lowest BCUT2D eigenvalue weighted by Gasteiger charge is -2.15. The Hall–Kier alpha value is -0.870. The fraction of sp³-hybridized carbons (Fsp3) is 0.700. The van der Waals surface area contributed by atoms with Crippen LogP contribution in [-0.4, -0.2) is 9.55 Å². The summed E-state index contributed by atoms with van der Waals surface area (Å²) >= 11 is 0. The molecule has 2 aliphatic rings. The Morgan fingerprint density at radius 2 is 2.50 bits per heavy atom. The Morgan fingerprint density at radius 3 is 2.93 bits per heavy atom. The van der Waals surface area contributed by atoms with Crippen molar-refractivity contribution >= 4 is 0 Å². The van der Waals surface area contributed by atoms with Crippen LogP contribution in [0.15, 0.2) is 12.4 Å². The molecule has 2 atom stereocenters. The molecular weight excluding hydrogens is 176 g/mol. The minimum atomic E-state index is 0.248. The first-order valence-corrected chi connectivity index (χ1v) is 5.20. The molecule has 14 heavy (non-hydrogen) atoms. The lowest BCUT2D eigenvalue weighted by molar-refractivity contribution is 0.432. The van der Waals surface area contributed by atoms with Crippen LogP contribution >= 0.6 is 0 Å². The van der Waals surface area contributed by atoms with Crippen LogP contribution < -0.4 is 11.3 Å². The van der Waals surface area contributed by atoms with Crippen molar-refractivity contribution in [1.29, 1.82) is 0 Å². The van der Waals surface area contributed by atoms with E-state index in [9.17, 15) is 0 Å². The van der Waals surface area contributed by atoms with Crippen molar-refractivity contribution in [2.24, 2.45) is 24.2 Å². The van der Waals surface area contributed by atoms with E-state index in [1.165, 1.54) is 19.3 Å². The van der Waals surface area contributed by atoms with Crippen LogP contribution in [0.1, 0.15) is 31.1 Å². The summed E-state index contributed by atoms with van der Waals surface area (Å²) in [6, 6.07) is 0.248. The normalized spacial score (nSPS) is 29.1. The molecule has 2 saturated carbocycles. The average Bonchev–Trinajstić information content (AvgIpc) is 3.05. The molecule has 0 saturated heterocycles. The molecule has 0 aromatic carbocycles. The Labute approximate surface area is 83.5 Å². The second-order valence-corrected chi connectivity index (χ2v) is 4.71. The predicted octanol–water partition coefficient (Wildman–Crippen LogP) is 0.725. The Bertz CT molecular complexity index is 353. The number of aryl methyl sites for hydroxylation is 1. The van der Waals surface area contributed by atoms with E-state index in [0.29, 0.717) is 11.3 Å². The summed E-state index contributed by atoms with van der Waals surface area (Å²) in [7, 11) is 2.02. The van der Waals surface area contributed by atoms with Crippen LogP contribution in [0.5, 0.6) is 0 Å². The van der Waals surface area contributed by atoms with Crippen molar-refractivity contribution in [3.05, 3.63) is 18.2 Å². The predicted molar refractivity (Wildman–Crippen MR) is 53.0 cm³/mol. The summed E-state index contributed by atoms with van der Waals surface area (Å²) in [5.74, 6) is 7.41. The minimum Gasteiger partial charge on any atom is -0.337 e. The van der Waals surface area contributed by atoms with Gasteiger partial charge in [0.25, 0.3) is 0 Å². The van der Waals surface area contributed by atoms with E-state index in [0.717, 1.165) is 5.82 Å². The summed E-state index contributed by atoms with van der Waals surface area (Å²) in [4.78, 5) is 4.36. The van der Waals surface area contributed by atoms with Crippen molar-refractivity contribution in [2.45, 2.75) is 25.3 Å². The fourth-order valence-electron chi connectivity index (χ4n) is 2.63. The molecule has 2 fully saturated rings. The van der Waals surface area contributed by atoms with Crippen molar-refractivity contribution < 1.29 is 0 Å². The van der Waals surface area contributed by atoms with E-state index >= 15 is 0 Å². The molecule has 0 amide bonds.